The fourth-order valence-electron chi connectivity index (χ4n) is 2.23. The van der Waals surface area contributed by atoms with Crippen molar-refractivity contribution in [1.29, 1.82) is 0 Å². The number of benzene rings is 1. The Morgan fingerprint density at radius 2 is 1.89 bits per heavy atom. The van der Waals surface area contributed by atoms with E-state index in [0.717, 1.165) is 11.3 Å². The van der Waals surface area contributed by atoms with Gasteiger partial charge in [-0.05, 0) is 36.8 Å². The molecule has 0 atom stereocenters. The van der Waals surface area contributed by atoms with Crippen molar-refractivity contribution in [2.24, 2.45) is 5.14 Å². The summed E-state index contributed by atoms with van der Waals surface area (Å²) in [5.41, 5.74) is 1.91. The third-order valence-corrected chi connectivity index (χ3v) is 5.25. The standard InChI is InChI=1S/C17H17N5O3S2/c1-11-3-2-4-15(20-11)22-17-21-14(10-26-17)16(23)19-9-12-5-7-13(8-6-12)27(18,24)25/h2-8,10H,9H2,1H3,(H,19,23)(H2,18,24,25)(H,20,21,22). The quantitative estimate of drug-likeness (QED) is 0.579. The number of anilines is 2. The maximum atomic E-state index is 12.2. The summed E-state index contributed by atoms with van der Waals surface area (Å²) in [6.07, 6.45) is 0. The van der Waals surface area contributed by atoms with E-state index in [1.807, 2.05) is 25.1 Å². The van der Waals surface area contributed by atoms with Gasteiger partial charge in [0.2, 0.25) is 10.0 Å². The highest BCUT2D eigenvalue weighted by atomic mass is 32.2. The lowest BCUT2D eigenvalue weighted by molar-refractivity contribution is 0.0946. The molecule has 3 rings (SSSR count). The van der Waals surface area contributed by atoms with Crippen LogP contribution in [0.2, 0.25) is 0 Å². The molecule has 0 spiro atoms. The Labute approximate surface area is 160 Å². The summed E-state index contributed by atoms with van der Waals surface area (Å²) in [5.74, 6) is 0.332. The molecular weight excluding hydrogens is 386 g/mol. The van der Waals surface area contributed by atoms with Gasteiger partial charge in [-0.3, -0.25) is 4.79 Å². The number of sulfonamides is 1. The van der Waals surface area contributed by atoms with Crippen LogP contribution in [0.15, 0.2) is 52.7 Å². The average molecular weight is 403 g/mol. The van der Waals surface area contributed by atoms with Crippen LogP contribution in [0.4, 0.5) is 10.9 Å². The number of nitrogens with zero attached hydrogens (tertiary/aromatic N) is 2. The van der Waals surface area contributed by atoms with Crippen molar-refractivity contribution in [3.05, 3.63) is 64.8 Å². The molecule has 10 heteroatoms. The number of pyridine rings is 1. The minimum absolute atomic E-state index is 0.0255. The summed E-state index contributed by atoms with van der Waals surface area (Å²) in [6.45, 7) is 2.13. The number of carbonyl (C=O) groups excluding carboxylic acids is 1. The second kappa shape index (κ2) is 7.82. The van der Waals surface area contributed by atoms with Crippen molar-refractivity contribution in [2.45, 2.75) is 18.4 Å². The maximum Gasteiger partial charge on any atom is 0.271 e. The molecular formula is C17H17N5O3S2. The van der Waals surface area contributed by atoms with E-state index in [9.17, 15) is 13.2 Å². The number of amides is 1. The minimum Gasteiger partial charge on any atom is -0.347 e. The first kappa shape index (κ1) is 19.0. The lowest BCUT2D eigenvalue weighted by atomic mass is 10.2. The zero-order valence-electron chi connectivity index (χ0n) is 14.3. The fraction of sp³-hybridized carbons (Fsp3) is 0.118. The number of nitrogens with two attached hydrogens (primary N) is 1. The number of hydrogen-bond acceptors (Lipinski definition) is 7. The largest absolute Gasteiger partial charge is 0.347 e. The molecule has 0 aliphatic rings. The van der Waals surface area contributed by atoms with Gasteiger partial charge in [-0.2, -0.15) is 0 Å². The number of carbonyl (C=O) groups is 1. The monoisotopic (exact) mass is 403 g/mol. The predicted octanol–water partition coefficient (Wildman–Crippen LogP) is 2.17. The Hall–Kier alpha value is -2.82. The number of thiazole rings is 1. The summed E-state index contributed by atoms with van der Waals surface area (Å²) in [6, 6.07) is 11.6. The molecule has 4 N–H and O–H groups in total. The Morgan fingerprint density at radius 1 is 1.15 bits per heavy atom. The van der Waals surface area contributed by atoms with Crippen LogP contribution in [-0.2, 0) is 16.6 Å². The summed E-state index contributed by atoms with van der Waals surface area (Å²) in [4.78, 5) is 20.8. The molecule has 3 aromatic rings. The lowest BCUT2D eigenvalue weighted by Gasteiger charge is -2.05. The molecule has 2 heterocycles. The molecule has 140 valence electrons. The van der Waals surface area contributed by atoms with Crippen molar-refractivity contribution in [3.8, 4) is 0 Å². The van der Waals surface area contributed by atoms with Crippen LogP contribution in [0.5, 0.6) is 0 Å². The molecule has 27 heavy (non-hydrogen) atoms. The molecule has 0 saturated carbocycles. The van der Waals surface area contributed by atoms with Gasteiger partial charge in [-0.25, -0.2) is 23.5 Å². The summed E-state index contributed by atoms with van der Waals surface area (Å²) in [7, 11) is -3.73. The third kappa shape index (κ3) is 5.09. The Morgan fingerprint density at radius 3 is 2.56 bits per heavy atom. The number of aryl methyl sites for hydroxylation is 1. The molecule has 1 aromatic carbocycles. The van der Waals surface area contributed by atoms with Crippen molar-refractivity contribution < 1.29 is 13.2 Å². The SMILES string of the molecule is Cc1cccc(Nc2nc(C(=O)NCc3ccc(S(N)(=O)=O)cc3)cs2)n1. The first-order chi connectivity index (χ1) is 12.8. The molecule has 1 amide bonds. The Bertz CT molecular complexity index is 1060. The van der Waals surface area contributed by atoms with E-state index in [2.05, 4.69) is 20.6 Å². The van der Waals surface area contributed by atoms with Gasteiger partial charge in [0.05, 0.1) is 4.90 Å². The van der Waals surface area contributed by atoms with Crippen LogP contribution in [0.25, 0.3) is 0 Å². The minimum atomic E-state index is -3.73. The topological polar surface area (TPSA) is 127 Å². The van der Waals surface area contributed by atoms with Crippen molar-refractivity contribution >= 4 is 38.2 Å². The number of rotatable bonds is 6. The Balaban J connectivity index is 1.59. The average Bonchev–Trinajstić information content (AvgIpc) is 3.08. The van der Waals surface area contributed by atoms with Crippen LogP contribution < -0.4 is 15.8 Å². The molecule has 0 aliphatic heterocycles. The summed E-state index contributed by atoms with van der Waals surface area (Å²) >= 11 is 1.30. The van der Waals surface area contributed by atoms with E-state index >= 15 is 0 Å². The molecule has 8 nitrogen and oxygen atoms in total. The van der Waals surface area contributed by atoms with Gasteiger partial charge in [-0.15, -0.1) is 11.3 Å². The van der Waals surface area contributed by atoms with Crippen LogP contribution in [-0.4, -0.2) is 24.3 Å². The molecule has 2 aromatic heterocycles. The van der Waals surface area contributed by atoms with Crippen LogP contribution in [0.1, 0.15) is 21.7 Å². The lowest BCUT2D eigenvalue weighted by Crippen LogP contribution is -2.23. The number of hydrogen-bond donors (Lipinski definition) is 3. The van der Waals surface area contributed by atoms with E-state index in [-0.39, 0.29) is 23.0 Å². The fourth-order valence-corrected chi connectivity index (χ4v) is 3.44. The molecule has 0 aliphatic carbocycles. The molecule has 0 fully saturated rings. The number of aromatic nitrogens is 2. The van der Waals surface area contributed by atoms with Gasteiger partial charge in [0.15, 0.2) is 5.13 Å². The maximum absolute atomic E-state index is 12.2. The second-order valence-corrected chi connectivity index (χ2v) is 8.12. The smallest absolute Gasteiger partial charge is 0.271 e. The van der Waals surface area contributed by atoms with Crippen molar-refractivity contribution in [2.75, 3.05) is 5.32 Å². The summed E-state index contributed by atoms with van der Waals surface area (Å²) in [5, 5.41) is 13.1. The van der Waals surface area contributed by atoms with E-state index in [4.69, 9.17) is 5.14 Å². The molecule has 0 saturated heterocycles. The van der Waals surface area contributed by atoms with E-state index < -0.39 is 10.0 Å². The normalized spacial score (nSPS) is 11.2. The van der Waals surface area contributed by atoms with Gasteiger partial charge in [0.1, 0.15) is 11.5 Å². The van der Waals surface area contributed by atoms with Gasteiger partial charge < -0.3 is 10.6 Å². The van der Waals surface area contributed by atoms with Gasteiger partial charge in [-0.1, -0.05) is 18.2 Å². The van der Waals surface area contributed by atoms with Crippen LogP contribution in [0, 0.1) is 6.92 Å². The molecule has 0 radical (unpaired) electrons. The van der Waals surface area contributed by atoms with Crippen molar-refractivity contribution in [1.82, 2.24) is 15.3 Å². The first-order valence-corrected chi connectivity index (χ1v) is 10.3. The highest BCUT2D eigenvalue weighted by Gasteiger charge is 2.12. The van der Waals surface area contributed by atoms with Gasteiger partial charge >= 0.3 is 0 Å². The Kier molecular flexibility index (Phi) is 5.49. The van der Waals surface area contributed by atoms with E-state index in [1.54, 1.807) is 17.5 Å². The van der Waals surface area contributed by atoms with Crippen molar-refractivity contribution in [3.63, 3.8) is 0 Å². The first-order valence-electron chi connectivity index (χ1n) is 7.87. The highest BCUT2D eigenvalue weighted by molar-refractivity contribution is 7.89. The number of nitrogens with one attached hydrogen (secondary N) is 2. The molecule has 0 bridgehead atoms. The third-order valence-electron chi connectivity index (χ3n) is 3.57. The zero-order chi connectivity index (χ0) is 19.4. The van der Waals surface area contributed by atoms with Crippen LogP contribution >= 0.6 is 11.3 Å². The van der Waals surface area contributed by atoms with Gasteiger partial charge in [0, 0.05) is 17.6 Å². The zero-order valence-corrected chi connectivity index (χ0v) is 16.0. The van der Waals surface area contributed by atoms with Crippen LogP contribution in [0.3, 0.4) is 0 Å². The van der Waals surface area contributed by atoms with Gasteiger partial charge in [0.25, 0.3) is 5.91 Å². The number of primary sulfonamides is 1. The predicted molar refractivity (Wildman–Crippen MR) is 103 cm³/mol. The summed E-state index contributed by atoms with van der Waals surface area (Å²) < 4.78 is 22.5. The molecule has 0 unspecified atom stereocenters. The van der Waals surface area contributed by atoms with E-state index in [0.29, 0.717) is 10.9 Å². The highest BCUT2D eigenvalue weighted by Crippen LogP contribution is 2.20. The second-order valence-electron chi connectivity index (χ2n) is 5.70. The van der Waals surface area contributed by atoms with E-state index in [1.165, 1.54) is 23.5 Å².